The van der Waals surface area contributed by atoms with E-state index in [1.54, 1.807) is 45.6 Å². The molecule has 0 saturated carbocycles. The molecule has 1 saturated heterocycles. The molecule has 0 bridgehead atoms. The zero-order chi connectivity index (χ0) is 28.6. The molecular weight excluding hydrogens is 533 g/mol. The molecule has 0 aliphatic carbocycles. The van der Waals surface area contributed by atoms with E-state index >= 15 is 0 Å². The lowest BCUT2D eigenvalue weighted by molar-refractivity contribution is -0.113. The number of aliphatic imine (C=N–C) groups is 1. The second kappa shape index (κ2) is 13.7. The van der Waals surface area contributed by atoms with Crippen LogP contribution in [-0.4, -0.2) is 56.7 Å². The summed E-state index contributed by atoms with van der Waals surface area (Å²) in [6, 6.07) is 12.6. The van der Waals surface area contributed by atoms with E-state index in [0.717, 1.165) is 25.9 Å². The molecule has 1 fully saturated rings. The topological polar surface area (TPSA) is 95.1 Å². The summed E-state index contributed by atoms with van der Waals surface area (Å²) in [5.74, 6) is 1.17. The maximum absolute atomic E-state index is 12.8. The Morgan fingerprint density at radius 3 is 2.46 bits per heavy atom. The molecule has 0 spiro atoms. The van der Waals surface area contributed by atoms with Crippen molar-refractivity contribution in [3.05, 3.63) is 78.1 Å². The predicted molar refractivity (Wildman–Crippen MR) is 165 cm³/mol. The maximum Gasteiger partial charge on any atom is 0.252 e. The lowest BCUT2D eigenvalue weighted by Gasteiger charge is -2.18. The molecule has 0 aromatic heterocycles. The SMILES string of the molecule is C=C/C(Cl)=C(\N=C(/C)Nc1cc(NC(=O)C(=C)CN2CCCC2)ccc1OC)Nc1ccccc1P(C)(C)=O. The number of nitrogens with one attached hydrogen (secondary N) is 3. The number of methoxy groups -OCH3 is 1. The number of hydrogen-bond acceptors (Lipinski definition) is 6. The highest BCUT2D eigenvalue weighted by Gasteiger charge is 2.18. The number of benzene rings is 2. The van der Waals surface area contributed by atoms with Gasteiger partial charge in [0.1, 0.15) is 18.7 Å². The number of para-hydroxylation sites is 1. The van der Waals surface area contributed by atoms with Crippen LogP contribution in [0.1, 0.15) is 19.8 Å². The number of carbonyl (C=O) groups excluding carboxylic acids is 1. The normalized spacial score (nSPS) is 14.8. The van der Waals surface area contributed by atoms with Crippen molar-refractivity contribution in [1.29, 1.82) is 0 Å². The molecule has 1 amide bonds. The van der Waals surface area contributed by atoms with Crippen LogP contribution >= 0.6 is 18.7 Å². The summed E-state index contributed by atoms with van der Waals surface area (Å²) in [4.78, 5) is 19.6. The molecule has 3 rings (SSSR count). The second-order valence-electron chi connectivity index (χ2n) is 9.67. The van der Waals surface area contributed by atoms with Crippen molar-refractivity contribution in [3.8, 4) is 5.75 Å². The lowest BCUT2D eigenvalue weighted by Crippen LogP contribution is -2.27. The molecule has 1 heterocycles. The van der Waals surface area contributed by atoms with Crippen LogP contribution in [0.25, 0.3) is 0 Å². The summed E-state index contributed by atoms with van der Waals surface area (Å²) in [7, 11) is -0.997. The third-order valence-corrected chi connectivity index (χ3v) is 8.01. The fraction of sp³-hybridized carbons (Fsp3) is 0.310. The van der Waals surface area contributed by atoms with Crippen LogP contribution in [0.2, 0.25) is 0 Å². The van der Waals surface area contributed by atoms with Gasteiger partial charge in [0.2, 0.25) is 0 Å². The maximum atomic E-state index is 12.8. The highest BCUT2D eigenvalue weighted by atomic mass is 35.5. The summed E-state index contributed by atoms with van der Waals surface area (Å²) < 4.78 is 18.3. The Balaban J connectivity index is 1.81. The molecule has 3 N–H and O–H groups in total. The number of rotatable bonds is 11. The molecule has 2 aromatic carbocycles. The van der Waals surface area contributed by atoms with Gasteiger partial charge in [-0.25, -0.2) is 4.99 Å². The Labute approximate surface area is 236 Å². The number of amides is 1. The fourth-order valence-electron chi connectivity index (χ4n) is 4.19. The largest absolute Gasteiger partial charge is 0.495 e. The van der Waals surface area contributed by atoms with Crippen LogP contribution in [0.4, 0.5) is 17.1 Å². The summed E-state index contributed by atoms with van der Waals surface area (Å²) >= 11 is 6.44. The van der Waals surface area contributed by atoms with Gasteiger partial charge in [0.25, 0.3) is 5.91 Å². The van der Waals surface area contributed by atoms with Gasteiger partial charge in [-0.3, -0.25) is 9.69 Å². The van der Waals surface area contributed by atoms with Gasteiger partial charge in [0.05, 0.1) is 23.5 Å². The van der Waals surface area contributed by atoms with Crippen LogP contribution in [0.3, 0.4) is 0 Å². The highest BCUT2D eigenvalue weighted by molar-refractivity contribution is 7.70. The Hall–Kier alpha value is -3.32. The van der Waals surface area contributed by atoms with E-state index in [9.17, 15) is 9.36 Å². The standard InChI is InChI=1S/C29H37ClN5O3P/c1-7-23(30)28(34-24-12-8-9-13-27(24)39(5,6)37)32-21(3)31-25-18-22(14-15-26(25)38-4)33-29(36)20(2)19-35-16-10-11-17-35/h7-9,12-15,18,34H,1-2,10-11,16-17,19H2,3-6H3,(H,31,32)(H,33,36)/b28-23-. The summed E-state index contributed by atoms with van der Waals surface area (Å²) in [5, 5.41) is 10.3. The van der Waals surface area contributed by atoms with Crippen LogP contribution in [0, 0.1) is 0 Å². The third-order valence-electron chi connectivity index (χ3n) is 6.13. The summed E-state index contributed by atoms with van der Waals surface area (Å²) in [6.07, 6.45) is 3.78. The first-order chi connectivity index (χ1) is 18.5. The van der Waals surface area contributed by atoms with Gasteiger partial charge in [0.15, 0.2) is 5.82 Å². The Morgan fingerprint density at radius 1 is 1.13 bits per heavy atom. The van der Waals surface area contributed by atoms with Crippen molar-refractivity contribution in [2.24, 2.45) is 4.99 Å². The fourth-order valence-corrected chi connectivity index (χ4v) is 5.44. The zero-order valence-electron chi connectivity index (χ0n) is 23.0. The van der Waals surface area contributed by atoms with Crippen LogP contribution < -0.4 is 26.0 Å². The van der Waals surface area contributed by atoms with E-state index in [0.29, 0.717) is 51.9 Å². The minimum atomic E-state index is -2.56. The van der Waals surface area contributed by atoms with Crippen molar-refractivity contribution in [1.82, 2.24) is 4.90 Å². The van der Waals surface area contributed by atoms with Crippen molar-refractivity contribution < 1.29 is 14.1 Å². The quantitative estimate of drug-likeness (QED) is 0.0999. The average Bonchev–Trinajstić information content (AvgIpc) is 3.40. The van der Waals surface area contributed by atoms with Crippen LogP contribution in [0.15, 0.2) is 83.1 Å². The smallest absolute Gasteiger partial charge is 0.252 e. The number of allylic oxidation sites excluding steroid dienone is 2. The number of carbonyl (C=O) groups is 1. The van der Waals surface area contributed by atoms with Crippen molar-refractivity contribution in [2.45, 2.75) is 19.8 Å². The molecule has 1 aliphatic rings. The van der Waals surface area contributed by atoms with Crippen LogP contribution in [0.5, 0.6) is 5.75 Å². The van der Waals surface area contributed by atoms with Gasteiger partial charge in [0, 0.05) is 23.1 Å². The summed E-state index contributed by atoms with van der Waals surface area (Å²) in [5.41, 5.74) is 2.35. The molecule has 208 valence electrons. The van der Waals surface area contributed by atoms with E-state index in [1.165, 1.54) is 6.08 Å². The summed E-state index contributed by atoms with van der Waals surface area (Å²) in [6.45, 7) is 15.5. The molecule has 10 heteroatoms. The van der Waals surface area contributed by atoms with Gasteiger partial charge < -0.3 is 25.3 Å². The molecule has 8 nitrogen and oxygen atoms in total. The molecule has 39 heavy (non-hydrogen) atoms. The van der Waals surface area contributed by atoms with E-state index < -0.39 is 7.14 Å². The lowest BCUT2D eigenvalue weighted by atomic mass is 10.2. The van der Waals surface area contributed by atoms with Gasteiger partial charge >= 0.3 is 0 Å². The molecular formula is C29H37ClN5O3P. The minimum Gasteiger partial charge on any atom is -0.495 e. The van der Waals surface area contributed by atoms with Crippen molar-refractivity contribution in [2.75, 3.05) is 56.0 Å². The van der Waals surface area contributed by atoms with Gasteiger partial charge in [-0.05, 0) is 82.6 Å². The van der Waals surface area contributed by atoms with Gasteiger partial charge in [-0.2, -0.15) is 0 Å². The van der Waals surface area contributed by atoms with Crippen molar-refractivity contribution >= 4 is 52.9 Å². The first-order valence-electron chi connectivity index (χ1n) is 12.7. The van der Waals surface area contributed by atoms with Crippen LogP contribution in [-0.2, 0) is 9.36 Å². The van der Waals surface area contributed by atoms with Gasteiger partial charge in [-0.1, -0.05) is 36.9 Å². The molecule has 0 unspecified atom stereocenters. The second-order valence-corrected chi connectivity index (χ2v) is 13.3. The highest BCUT2D eigenvalue weighted by Crippen LogP contribution is 2.38. The number of ether oxygens (including phenoxy) is 1. The number of anilines is 3. The number of hydrogen-bond donors (Lipinski definition) is 3. The minimum absolute atomic E-state index is 0.224. The number of amidine groups is 1. The molecule has 1 aliphatic heterocycles. The average molecular weight is 570 g/mol. The molecule has 0 atom stereocenters. The van der Waals surface area contributed by atoms with E-state index in [1.807, 2.05) is 24.3 Å². The number of nitrogens with zero attached hydrogens (tertiary/aromatic N) is 2. The van der Waals surface area contributed by atoms with Gasteiger partial charge in [-0.15, -0.1) is 0 Å². The molecule has 0 radical (unpaired) electrons. The monoisotopic (exact) mass is 569 g/mol. The number of likely N-dealkylation sites (tertiary alicyclic amines) is 1. The zero-order valence-corrected chi connectivity index (χ0v) is 24.7. The Kier molecular flexibility index (Phi) is 10.6. The van der Waals surface area contributed by atoms with E-state index in [-0.39, 0.29) is 10.9 Å². The number of halogens is 1. The van der Waals surface area contributed by atoms with E-state index in [4.69, 9.17) is 16.3 Å². The first-order valence-corrected chi connectivity index (χ1v) is 15.7. The third kappa shape index (κ3) is 8.59. The first kappa shape index (κ1) is 30.2. The predicted octanol–water partition coefficient (Wildman–Crippen LogP) is 6.07. The Morgan fingerprint density at radius 2 is 1.82 bits per heavy atom. The van der Waals surface area contributed by atoms with Crippen molar-refractivity contribution in [3.63, 3.8) is 0 Å². The Bertz CT molecular complexity index is 1340. The van der Waals surface area contributed by atoms with E-state index in [2.05, 4.69) is 39.0 Å². The molecule has 2 aromatic rings.